The first-order valence-electron chi connectivity index (χ1n) is 11.0. The SMILES string of the molecule is CC(C)[C@@H](NC(=O)c1ccccc1)C(=O)N1CCc2cc3c(cc2C1C)OCCCO3. The summed E-state index contributed by atoms with van der Waals surface area (Å²) in [4.78, 5) is 28.1. The van der Waals surface area contributed by atoms with Crippen molar-refractivity contribution in [2.45, 2.75) is 45.7 Å². The Labute approximate surface area is 183 Å². The molecule has 0 spiro atoms. The fourth-order valence-electron chi connectivity index (χ4n) is 4.28. The van der Waals surface area contributed by atoms with Crippen molar-refractivity contribution in [1.29, 1.82) is 0 Å². The molecule has 0 fully saturated rings. The van der Waals surface area contributed by atoms with Crippen LogP contribution in [0.15, 0.2) is 42.5 Å². The summed E-state index contributed by atoms with van der Waals surface area (Å²) >= 11 is 0. The predicted octanol–water partition coefficient (Wildman–Crippen LogP) is 3.75. The Balaban J connectivity index is 1.55. The lowest BCUT2D eigenvalue weighted by Gasteiger charge is -2.38. The molecule has 0 aliphatic carbocycles. The lowest BCUT2D eigenvalue weighted by atomic mass is 9.91. The maximum Gasteiger partial charge on any atom is 0.251 e. The lowest BCUT2D eigenvalue weighted by molar-refractivity contribution is -0.137. The van der Waals surface area contributed by atoms with E-state index in [-0.39, 0.29) is 23.8 Å². The van der Waals surface area contributed by atoms with E-state index in [4.69, 9.17) is 9.47 Å². The summed E-state index contributed by atoms with van der Waals surface area (Å²) in [7, 11) is 0. The van der Waals surface area contributed by atoms with Gasteiger partial charge in [0.2, 0.25) is 5.91 Å². The van der Waals surface area contributed by atoms with Crippen molar-refractivity contribution in [2.24, 2.45) is 5.92 Å². The van der Waals surface area contributed by atoms with Gasteiger partial charge in [-0.1, -0.05) is 32.0 Å². The smallest absolute Gasteiger partial charge is 0.251 e. The molecule has 0 bridgehead atoms. The second-order valence-corrected chi connectivity index (χ2v) is 8.57. The normalized spacial score (nSPS) is 18.7. The Bertz CT molecular complexity index is 957. The molecule has 0 saturated heterocycles. The van der Waals surface area contributed by atoms with Gasteiger partial charge in [0, 0.05) is 18.5 Å². The van der Waals surface area contributed by atoms with Crippen molar-refractivity contribution in [3.05, 3.63) is 59.2 Å². The second kappa shape index (κ2) is 9.00. The van der Waals surface area contributed by atoms with Crippen molar-refractivity contribution in [3.63, 3.8) is 0 Å². The minimum atomic E-state index is -0.586. The number of benzene rings is 2. The summed E-state index contributed by atoms with van der Waals surface area (Å²) in [6, 6.07) is 12.4. The lowest BCUT2D eigenvalue weighted by Crippen LogP contribution is -2.53. The molecule has 164 valence electrons. The van der Waals surface area contributed by atoms with Crippen LogP contribution in [-0.4, -0.2) is 42.5 Å². The molecular formula is C25H30N2O4. The zero-order valence-corrected chi connectivity index (χ0v) is 18.4. The van der Waals surface area contributed by atoms with E-state index in [0.717, 1.165) is 29.9 Å². The van der Waals surface area contributed by atoms with Crippen LogP contribution < -0.4 is 14.8 Å². The van der Waals surface area contributed by atoms with E-state index in [1.165, 1.54) is 5.56 Å². The Morgan fingerprint density at radius 1 is 1.06 bits per heavy atom. The van der Waals surface area contributed by atoms with E-state index in [1.54, 1.807) is 12.1 Å². The van der Waals surface area contributed by atoms with Crippen LogP contribution in [0.5, 0.6) is 11.5 Å². The highest BCUT2D eigenvalue weighted by Gasteiger charge is 2.35. The third-order valence-corrected chi connectivity index (χ3v) is 6.09. The van der Waals surface area contributed by atoms with E-state index in [2.05, 4.69) is 11.4 Å². The zero-order valence-electron chi connectivity index (χ0n) is 18.4. The van der Waals surface area contributed by atoms with Crippen molar-refractivity contribution in [2.75, 3.05) is 19.8 Å². The van der Waals surface area contributed by atoms with Crippen LogP contribution in [0, 0.1) is 5.92 Å². The van der Waals surface area contributed by atoms with Crippen LogP contribution in [0.3, 0.4) is 0 Å². The van der Waals surface area contributed by atoms with Crippen molar-refractivity contribution < 1.29 is 19.1 Å². The fourth-order valence-corrected chi connectivity index (χ4v) is 4.28. The minimum absolute atomic E-state index is 0.0301. The Kier molecular flexibility index (Phi) is 6.16. The van der Waals surface area contributed by atoms with Crippen LogP contribution in [0.25, 0.3) is 0 Å². The first-order chi connectivity index (χ1) is 15.0. The molecule has 2 aliphatic rings. The van der Waals surface area contributed by atoms with Crippen LogP contribution in [-0.2, 0) is 11.2 Å². The number of rotatable bonds is 4. The van der Waals surface area contributed by atoms with Crippen LogP contribution in [0.4, 0.5) is 0 Å². The number of hydrogen-bond donors (Lipinski definition) is 1. The number of carbonyl (C=O) groups excluding carboxylic acids is 2. The first kappa shape index (κ1) is 21.2. The molecule has 0 aromatic heterocycles. The van der Waals surface area contributed by atoms with Gasteiger partial charge in [-0.25, -0.2) is 0 Å². The molecule has 1 N–H and O–H groups in total. The molecule has 1 unspecified atom stereocenters. The molecule has 2 atom stereocenters. The van der Waals surface area contributed by atoms with Gasteiger partial charge in [-0.05, 0) is 54.7 Å². The molecule has 2 aliphatic heterocycles. The van der Waals surface area contributed by atoms with Gasteiger partial charge in [0.1, 0.15) is 6.04 Å². The van der Waals surface area contributed by atoms with Gasteiger partial charge in [0.25, 0.3) is 5.91 Å². The quantitative estimate of drug-likeness (QED) is 0.815. The molecular weight excluding hydrogens is 392 g/mol. The van der Waals surface area contributed by atoms with Crippen molar-refractivity contribution >= 4 is 11.8 Å². The molecule has 2 aromatic rings. The van der Waals surface area contributed by atoms with Gasteiger partial charge >= 0.3 is 0 Å². The van der Waals surface area contributed by atoms with E-state index >= 15 is 0 Å². The van der Waals surface area contributed by atoms with Gasteiger partial charge in [0.15, 0.2) is 11.5 Å². The highest BCUT2D eigenvalue weighted by molar-refractivity contribution is 5.97. The molecule has 31 heavy (non-hydrogen) atoms. The maximum atomic E-state index is 13.5. The largest absolute Gasteiger partial charge is 0.490 e. The van der Waals surface area contributed by atoms with Gasteiger partial charge in [-0.2, -0.15) is 0 Å². The van der Waals surface area contributed by atoms with Crippen LogP contribution in [0.2, 0.25) is 0 Å². The zero-order chi connectivity index (χ0) is 22.0. The van der Waals surface area contributed by atoms with Gasteiger partial charge in [0.05, 0.1) is 19.3 Å². The summed E-state index contributed by atoms with van der Waals surface area (Å²) in [5.74, 6) is 1.23. The van der Waals surface area contributed by atoms with E-state index in [9.17, 15) is 9.59 Å². The Morgan fingerprint density at radius 2 is 1.74 bits per heavy atom. The molecule has 6 nitrogen and oxygen atoms in total. The molecule has 2 aromatic carbocycles. The topological polar surface area (TPSA) is 67.9 Å². The van der Waals surface area contributed by atoms with E-state index in [1.807, 2.05) is 49.9 Å². The molecule has 2 heterocycles. The highest BCUT2D eigenvalue weighted by atomic mass is 16.5. The summed E-state index contributed by atoms with van der Waals surface area (Å²) in [6.07, 6.45) is 1.61. The van der Waals surface area contributed by atoms with Crippen molar-refractivity contribution in [1.82, 2.24) is 10.2 Å². The average molecular weight is 423 g/mol. The summed E-state index contributed by atoms with van der Waals surface area (Å²) < 4.78 is 11.7. The number of nitrogens with zero attached hydrogens (tertiary/aromatic N) is 1. The summed E-state index contributed by atoms with van der Waals surface area (Å²) in [6.45, 7) is 7.85. The molecule has 6 heteroatoms. The number of hydrogen-bond acceptors (Lipinski definition) is 4. The fraction of sp³-hybridized carbons (Fsp3) is 0.440. The first-order valence-corrected chi connectivity index (χ1v) is 11.0. The van der Waals surface area contributed by atoms with Crippen LogP contribution in [0.1, 0.15) is 54.7 Å². The predicted molar refractivity (Wildman–Crippen MR) is 118 cm³/mol. The number of nitrogens with one attached hydrogen (secondary N) is 1. The maximum absolute atomic E-state index is 13.5. The summed E-state index contributed by atoms with van der Waals surface area (Å²) in [5.41, 5.74) is 2.83. The van der Waals surface area contributed by atoms with Crippen LogP contribution >= 0.6 is 0 Å². The third kappa shape index (κ3) is 4.38. The molecule has 4 rings (SSSR count). The van der Waals surface area contributed by atoms with Gasteiger partial charge in [-0.15, -0.1) is 0 Å². The minimum Gasteiger partial charge on any atom is -0.490 e. The van der Waals surface area contributed by atoms with Gasteiger partial charge < -0.3 is 19.7 Å². The Hall–Kier alpha value is -3.02. The van der Waals surface area contributed by atoms with E-state index in [0.29, 0.717) is 25.3 Å². The van der Waals surface area contributed by atoms with E-state index < -0.39 is 6.04 Å². The molecule has 0 saturated carbocycles. The van der Waals surface area contributed by atoms with Gasteiger partial charge in [-0.3, -0.25) is 9.59 Å². The number of amides is 2. The highest BCUT2D eigenvalue weighted by Crippen LogP contribution is 2.39. The monoisotopic (exact) mass is 422 g/mol. The average Bonchev–Trinajstić information content (AvgIpc) is 3.01. The summed E-state index contributed by atoms with van der Waals surface area (Å²) in [5, 5.41) is 2.96. The Morgan fingerprint density at radius 3 is 2.42 bits per heavy atom. The third-order valence-electron chi connectivity index (χ3n) is 6.09. The number of carbonyl (C=O) groups is 2. The second-order valence-electron chi connectivity index (χ2n) is 8.57. The standard InChI is InChI=1S/C25H30N2O4/c1-16(2)23(26-24(28)18-8-5-4-6-9-18)25(29)27-11-10-19-14-21-22(15-20(19)17(27)3)31-13-7-12-30-21/h4-6,8-9,14-17,23H,7,10-13H2,1-3H3,(H,26,28)/t17?,23-/m1/s1. The molecule has 0 radical (unpaired) electrons. The molecule has 2 amide bonds. The number of fused-ring (bicyclic) bond motifs is 2. The van der Waals surface area contributed by atoms with Crippen molar-refractivity contribution in [3.8, 4) is 11.5 Å². The number of ether oxygens (including phenoxy) is 2.